The summed E-state index contributed by atoms with van der Waals surface area (Å²) in [4.78, 5) is 0. The number of hydrogen-bond acceptors (Lipinski definition) is 1. The van der Waals surface area contributed by atoms with Gasteiger partial charge in [0.25, 0.3) is 29.1 Å². The van der Waals surface area contributed by atoms with Crippen LogP contribution >= 0.6 is 0 Å². The maximum atomic E-state index is 6.50. The van der Waals surface area contributed by atoms with Gasteiger partial charge in [-0.05, 0) is 236 Å². The van der Waals surface area contributed by atoms with E-state index in [0.29, 0.717) is 65.1 Å². The molecule has 0 saturated heterocycles. The molecule has 13 aromatic carbocycles. The Kier molecular flexibility index (Phi) is 34.1. The average Bonchev–Trinajstić information content (AvgIpc) is 1.58. The summed E-state index contributed by atoms with van der Waals surface area (Å²) >= 11 is 0. The van der Waals surface area contributed by atoms with Crippen LogP contribution in [0.5, 0.6) is 0 Å². The third-order valence-electron chi connectivity index (χ3n) is 30.0. The molecule has 149 heavy (non-hydrogen) atoms. The molecular weight excluding hydrogens is 1810 g/mol. The zero-order valence-electron chi connectivity index (χ0n) is 95.8. The Morgan fingerprint density at radius 3 is 0.758 bits per heavy atom. The summed E-state index contributed by atoms with van der Waals surface area (Å²) in [5.74, 6) is 10.8. The number of nitrogens with zero attached hydrogens (tertiary/aromatic N) is 10. The first-order chi connectivity index (χ1) is 71.1. The van der Waals surface area contributed by atoms with Gasteiger partial charge in [0.05, 0.1) is 63.1 Å². The van der Waals surface area contributed by atoms with Crippen molar-refractivity contribution in [3.63, 3.8) is 0 Å². The normalized spacial score (nSPS) is 11.7. The highest BCUT2D eigenvalue weighted by atomic mass is 16.3. The summed E-state index contributed by atoms with van der Waals surface area (Å²) in [6.45, 7) is 65.8. The standard InChI is InChI=1S/C31H37N2.C29H31N2O.C29H33N2.C26H35N2.C23H29N2/c1-20(2)28-18-26(25-16-22(5)15-23(6)17-25)19-29(21(3)4)30(28)33-14-13-32(8)31(33)27-12-10-9-11-24(27)7;1-18(2)23-17-24-22-13-9-10-14-25(22)32-28(24)26(19(3)4)27(23)31-16-15-30(6)29(31)21-12-8-7-11-20(21)5;1-20(2)26-18-24(23-13-8-7-9-14-23)19-27(21(3)4)28(26)31-17-16-30(6)29(31)25-15-11-10-12-22(25)5;1-17(2)21-15-23(18(3)4)25(24(16-21)19(5)6)28-14-13-27(8)26(28)22-12-10-9-11-20(22)7;1-16(2)19-12-9-13-20(17(3)4)22(19)25-15-14-24(6)23(25)21-11-8-7-10-18(21)5/h9-21H,1-8H3;7-19H,1-6H3;7-21H,1-6H3;9-19H,1-8H3;7-17H,1-6H3/q5*+1. The van der Waals surface area contributed by atoms with Crippen LogP contribution in [0.15, 0.2) is 321 Å². The maximum Gasteiger partial charge on any atom is 0.294 e. The second-order valence-corrected chi connectivity index (χ2v) is 45.1. The van der Waals surface area contributed by atoms with E-state index in [4.69, 9.17) is 4.42 Å². The summed E-state index contributed by atoms with van der Waals surface area (Å²) < 4.78 is 29.7. The number of aryl methyl sites for hydroxylation is 12. The first kappa shape index (κ1) is 109. The fourth-order valence-electron chi connectivity index (χ4n) is 21.9. The number of fused-ring (bicyclic) bond motifs is 3. The second-order valence-electron chi connectivity index (χ2n) is 45.1. The van der Waals surface area contributed by atoms with Crippen LogP contribution in [0.2, 0.25) is 0 Å². The Balaban J connectivity index is 0.000000140. The van der Waals surface area contributed by atoms with Crippen LogP contribution in [0, 0.1) is 48.5 Å². The van der Waals surface area contributed by atoms with Crippen LogP contribution in [0.3, 0.4) is 0 Å². The lowest BCUT2D eigenvalue weighted by Gasteiger charge is -2.21. The van der Waals surface area contributed by atoms with Crippen molar-refractivity contribution in [2.24, 2.45) is 35.2 Å². The smallest absolute Gasteiger partial charge is 0.294 e. The van der Waals surface area contributed by atoms with Crippen LogP contribution in [0.25, 0.3) is 130 Å². The number of hydrogen-bond donors (Lipinski definition) is 0. The number of aromatic nitrogens is 10. The highest BCUT2D eigenvalue weighted by molar-refractivity contribution is 6.07. The minimum absolute atomic E-state index is 0.309. The topological polar surface area (TPSA) is 57.2 Å². The number of rotatable bonds is 23. The van der Waals surface area contributed by atoms with Crippen molar-refractivity contribution < 1.29 is 27.3 Å². The molecule has 6 heterocycles. The molecule has 0 spiro atoms. The van der Waals surface area contributed by atoms with Gasteiger partial charge in [0, 0.05) is 66.4 Å². The Morgan fingerprint density at radius 1 is 0.208 bits per heavy atom. The van der Waals surface area contributed by atoms with E-state index in [2.05, 4.69) is 592 Å². The SMILES string of the molecule is Cc1cc(C)cc(-c2cc(C(C)C)c(-n3cc[n+](C)c3-c3ccccc3C)c(C(C)C)c2)c1.Cc1ccccc1-c1n(-c2c(C(C)C)cc(-c3ccccc3)cc2C(C)C)cc[n+]1C.Cc1ccccc1-c1n(-c2c(C(C)C)cc(C(C)C)cc2C(C)C)cc[n+]1C.Cc1ccccc1-c1n(-c2c(C(C)C)cc3c(oc4ccccc43)c2C(C)C)cc[n+]1C.Cc1ccccc1-c1n(-c2c(C(C)C)cccc2C(C)C)cc[n+]1C. The number of para-hydroxylation sites is 2. The van der Waals surface area contributed by atoms with Gasteiger partial charge in [-0.3, -0.25) is 0 Å². The minimum Gasteiger partial charge on any atom is -0.456 e. The predicted octanol–water partition coefficient (Wildman–Crippen LogP) is 34.6. The van der Waals surface area contributed by atoms with E-state index in [1.165, 1.54) is 219 Å². The van der Waals surface area contributed by atoms with Crippen LogP contribution in [0.4, 0.5) is 0 Å². The average molecular weight is 1980 g/mol. The molecular formula is C138H165N10O+5. The van der Waals surface area contributed by atoms with Gasteiger partial charge in [-0.2, -0.15) is 22.8 Å². The summed E-state index contributed by atoms with van der Waals surface area (Å²) in [5, 5.41) is 2.40. The van der Waals surface area contributed by atoms with Gasteiger partial charge in [-0.1, -0.05) is 352 Å². The zero-order valence-corrected chi connectivity index (χ0v) is 95.8. The lowest BCUT2D eigenvalue weighted by atomic mass is 9.87. The summed E-state index contributed by atoms with van der Waals surface area (Å²) in [6, 6.07) is 92.8. The van der Waals surface area contributed by atoms with Crippen LogP contribution in [-0.2, 0) is 35.2 Å². The first-order valence-corrected chi connectivity index (χ1v) is 54.5. The van der Waals surface area contributed by atoms with Crippen molar-refractivity contribution in [3.05, 3.63) is 417 Å². The Bertz CT molecular complexity index is 7830. The van der Waals surface area contributed by atoms with Gasteiger partial charge in [0.15, 0.2) is 0 Å². The van der Waals surface area contributed by atoms with Gasteiger partial charge >= 0.3 is 0 Å². The molecule has 0 aliphatic heterocycles. The molecule has 19 aromatic rings. The van der Waals surface area contributed by atoms with Crippen molar-refractivity contribution in [1.29, 1.82) is 0 Å². The highest BCUT2D eigenvalue weighted by Crippen LogP contribution is 2.47. The van der Waals surface area contributed by atoms with Crippen LogP contribution in [-0.4, -0.2) is 22.8 Å². The third-order valence-corrected chi connectivity index (χ3v) is 30.0. The van der Waals surface area contributed by atoms with Crippen molar-refractivity contribution in [2.75, 3.05) is 0 Å². The quantitative estimate of drug-likeness (QED) is 0.0589. The number of benzene rings is 13. The molecule has 0 fully saturated rings. The van der Waals surface area contributed by atoms with Gasteiger partial charge in [-0.25, -0.2) is 22.8 Å². The van der Waals surface area contributed by atoms with E-state index >= 15 is 0 Å². The van der Waals surface area contributed by atoms with Gasteiger partial charge in [0.2, 0.25) is 0 Å². The molecule has 6 aromatic heterocycles. The molecule has 0 aliphatic rings. The summed E-state index contributed by atoms with van der Waals surface area (Å²) in [7, 11) is 10.7. The van der Waals surface area contributed by atoms with E-state index in [1.54, 1.807) is 0 Å². The molecule has 0 radical (unpaired) electrons. The van der Waals surface area contributed by atoms with Crippen LogP contribution in [0.1, 0.15) is 318 Å². The summed E-state index contributed by atoms with van der Waals surface area (Å²) in [5.41, 5.74) is 44.4. The van der Waals surface area contributed by atoms with Crippen molar-refractivity contribution in [3.8, 4) is 108 Å². The lowest BCUT2D eigenvalue weighted by molar-refractivity contribution is -0.659. The third kappa shape index (κ3) is 22.8. The predicted molar refractivity (Wildman–Crippen MR) is 628 cm³/mol. The fraction of sp³-hybridized carbons (Fsp3) is 0.326. The molecule has 0 saturated carbocycles. The zero-order chi connectivity index (χ0) is 107. The number of imidazole rings is 5. The van der Waals surface area contributed by atoms with Crippen molar-refractivity contribution in [1.82, 2.24) is 22.8 Å². The largest absolute Gasteiger partial charge is 0.456 e. The molecule has 0 aliphatic carbocycles. The molecule has 0 amide bonds. The Morgan fingerprint density at radius 2 is 0.463 bits per heavy atom. The van der Waals surface area contributed by atoms with E-state index < -0.39 is 0 Å². The molecule has 768 valence electrons. The van der Waals surface area contributed by atoms with Crippen molar-refractivity contribution >= 4 is 21.9 Å². The molecule has 0 atom stereocenters. The molecule has 11 nitrogen and oxygen atoms in total. The maximum absolute atomic E-state index is 6.50. The monoisotopic (exact) mass is 1980 g/mol. The van der Waals surface area contributed by atoms with Gasteiger partial charge in [0.1, 0.15) is 102 Å². The molecule has 0 bridgehead atoms. The van der Waals surface area contributed by atoms with E-state index in [9.17, 15) is 0 Å². The Hall–Kier alpha value is -14.3. The first-order valence-electron chi connectivity index (χ1n) is 54.5. The van der Waals surface area contributed by atoms with Crippen molar-refractivity contribution in [2.45, 2.75) is 266 Å². The lowest BCUT2D eigenvalue weighted by Crippen LogP contribution is -2.29. The number of furan rings is 1. The van der Waals surface area contributed by atoms with Gasteiger partial charge < -0.3 is 4.42 Å². The molecule has 0 N–H and O–H groups in total. The van der Waals surface area contributed by atoms with E-state index in [1.807, 2.05) is 6.07 Å². The van der Waals surface area contributed by atoms with E-state index in [-0.39, 0.29) is 0 Å². The summed E-state index contributed by atoms with van der Waals surface area (Å²) in [6.07, 6.45) is 21.9. The van der Waals surface area contributed by atoms with E-state index in [0.717, 1.165) is 11.2 Å². The van der Waals surface area contributed by atoms with Crippen LogP contribution < -0.4 is 22.8 Å². The molecule has 0 unspecified atom stereocenters. The Labute approximate surface area is 891 Å². The fourth-order valence-corrected chi connectivity index (χ4v) is 21.9. The van der Waals surface area contributed by atoms with Gasteiger partial charge in [-0.15, -0.1) is 0 Å². The molecule has 11 heteroatoms. The highest BCUT2D eigenvalue weighted by Gasteiger charge is 2.36. The molecule has 19 rings (SSSR count). The minimum atomic E-state index is 0.309. The second kappa shape index (κ2) is 46.6.